The molecule has 0 radical (unpaired) electrons. The molecule has 2 aliphatic heterocycles. The maximum Gasteiger partial charge on any atom is 0.414 e. The first-order valence-electron chi connectivity index (χ1n) is 16.6. The molecule has 1 amide bonds. The SMILES string of the molecule is CCOC(=O)c1cn(C)c2ncc(-c3cnc4[nH]c5c(N(C)C(=O)OC(C)(C)C)cc(F)c(F)c5c4c3N3CCC4CN(C)C[C@H]43)cc2c1=O. The van der Waals surface area contributed by atoms with Crippen molar-refractivity contribution in [3.05, 3.63) is 58.1 Å². The quantitative estimate of drug-likeness (QED) is 0.235. The van der Waals surface area contributed by atoms with E-state index in [1.807, 2.05) is 0 Å². The summed E-state index contributed by atoms with van der Waals surface area (Å²) in [6.07, 6.45) is 4.81. The number of aryl methyl sites for hydroxylation is 1. The van der Waals surface area contributed by atoms with Gasteiger partial charge in [-0.05, 0) is 53.1 Å². The van der Waals surface area contributed by atoms with Gasteiger partial charge in [0.15, 0.2) is 11.6 Å². The summed E-state index contributed by atoms with van der Waals surface area (Å²) in [7, 11) is 5.19. The van der Waals surface area contributed by atoms with E-state index in [4.69, 9.17) is 14.5 Å². The Morgan fingerprint density at radius 3 is 2.58 bits per heavy atom. The smallest absolute Gasteiger partial charge is 0.414 e. The summed E-state index contributed by atoms with van der Waals surface area (Å²) in [5.41, 5.74) is 1.12. The van der Waals surface area contributed by atoms with E-state index in [2.05, 4.69) is 26.8 Å². The third kappa shape index (κ3) is 5.42. The van der Waals surface area contributed by atoms with Gasteiger partial charge in [0.1, 0.15) is 22.5 Å². The number of aromatic nitrogens is 4. The van der Waals surface area contributed by atoms with Crippen LogP contribution in [0.15, 0.2) is 35.5 Å². The van der Waals surface area contributed by atoms with Gasteiger partial charge < -0.3 is 28.8 Å². The Bertz CT molecular complexity index is 2280. The number of likely N-dealkylation sites (N-methyl/N-ethyl adjacent to an activating group) is 1. The Labute approximate surface area is 286 Å². The summed E-state index contributed by atoms with van der Waals surface area (Å²) in [4.78, 5) is 57.6. The van der Waals surface area contributed by atoms with Gasteiger partial charge in [0, 0.05) is 75.6 Å². The topological polar surface area (TPSA) is 126 Å². The van der Waals surface area contributed by atoms with E-state index in [0.29, 0.717) is 46.0 Å². The number of halogens is 2. The molecule has 2 fully saturated rings. The number of pyridine rings is 3. The third-order valence-electron chi connectivity index (χ3n) is 9.61. The van der Waals surface area contributed by atoms with Gasteiger partial charge in [-0.1, -0.05) is 0 Å². The number of fused-ring (bicyclic) bond motifs is 5. The number of carbonyl (C=O) groups is 2. The van der Waals surface area contributed by atoms with Crippen molar-refractivity contribution in [3.63, 3.8) is 0 Å². The highest BCUT2D eigenvalue weighted by molar-refractivity contribution is 6.19. The lowest BCUT2D eigenvalue weighted by Gasteiger charge is -2.29. The second kappa shape index (κ2) is 12.0. The number of H-pyrrole nitrogens is 1. The number of hydrogen-bond donors (Lipinski definition) is 1. The molecule has 12 nitrogen and oxygen atoms in total. The molecule has 0 bridgehead atoms. The van der Waals surface area contributed by atoms with Crippen molar-refractivity contribution >= 4 is 56.4 Å². The highest BCUT2D eigenvalue weighted by atomic mass is 19.2. The number of likely N-dealkylation sites (tertiary alicyclic amines) is 1. The van der Waals surface area contributed by atoms with Crippen LogP contribution in [0.25, 0.3) is 44.1 Å². The molecule has 14 heteroatoms. The van der Waals surface area contributed by atoms with Crippen LogP contribution in [-0.2, 0) is 16.5 Å². The zero-order valence-corrected chi connectivity index (χ0v) is 29.1. The molecule has 5 aromatic rings. The van der Waals surface area contributed by atoms with E-state index < -0.39 is 34.7 Å². The van der Waals surface area contributed by atoms with Crippen LogP contribution in [0, 0.1) is 17.6 Å². The van der Waals surface area contributed by atoms with E-state index in [1.165, 1.54) is 13.2 Å². The fourth-order valence-electron chi connectivity index (χ4n) is 7.44. The van der Waals surface area contributed by atoms with Gasteiger partial charge in [-0.3, -0.25) is 9.69 Å². The van der Waals surface area contributed by atoms with Crippen molar-refractivity contribution in [2.45, 2.75) is 45.8 Å². The fraction of sp³-hybridized carbons (Fsp3) is 0.417. The van der Waals surface area contributed by atoms with Crippen molar-refractivity contribution in [2.75, 3.05) is 50.1 Å². The monoisotopic (exact) mass is 687 g/mol. The number of carbonyl (C=O) groups excluding carboxylic acids is 2. The highest BCUT2D eigenvalue weighted by Gasteiger charge is 2.42. The third-order valence-corrected chi connectivity index (χ3v) is 9.61. The molecule has 6 heterocycles. The molecule has 1 aromatic carbocycles. The summed E-state index contributed by atoms with van der Waals surface area (Å²) in [5, 5.41) is 0.481. The van der Waals surface area contributed by atoms with Gasteiger partial charge in [0.25, 0.3) is 0 Å². The minimum absolute atomic E-state index is 0.0566. The number of rotatable bonds is 5. The van der Waals surface area contributed by atoms with Crippen molar-refractivity contribution in [1.82, 2.24) is 24.4 Å². The number of ether oxygens (including phenoxy) is 2. The van der Waals surface area contributed by atoms with Gasteiger partial charge >= 0.3 is 12.1 Å². The van der Waals surface area contributed by atoms with Gasteiger partial charge in [0.05, 0.1) is 39.7 Å². The molecule has 0 spiro atoms. The Morgan fingerprint density at radius 1 is 1.10 bits per heavy atom. The van der Waals surface area contributed by atoms with E-state index in [0.717, 1.165) is 30.5 Å². The molecule has 1 unspecified atom stereocenters. The van der Waals surface area contributed by atoms with Crippen LogP contribution in [0.1, 0.15) is 44.5 Å². The number of esters is 1. The zero-order chi connectivity index (χ0) is 35.8. The average molecular weight is 688 g/mol. The van der Waals surface area contributed by atoms with E-state index in [1.54, 1.807) is 57.8 Å². The molecule has 4 aromatic heterocycles. The number of aromatic amines is 1. The molecular weight excluding hydrogens is 648 g/mol. The molecule has 2 saturated heterocycles. The van der Waals surface area contributed by atoms with E-state index in [-0.39, 0.29) is 40.2 Å². The Kier molecular flexibility index (Phi) is 8.04. The Balaban J connectivity index is 1.51. The minimum Gasteiger partial charge on any atom is -0.462 e. The molecule has 262 valence electrons. The lowest BCUT2D eigenvalue weighted by atomic mass is 9.99. The summed E-state index contributed by atoms with van der Waals surface area (Å²) in [6, 6.07) is 2.70. The summed E-state index contributed by atoms with van der Waals surface area (Å²) >= 11 is 0. The number of hydrogen-bond acceptors (Lipinski definition) is 9. The molecule has 0 aliphatic carbocycles. The van der Waals surface area contributed by atoms with Crippen LogP contribution < -0.4 is 15.2 Å². The molecule has 2 atom stereocenters. The van der Waals surface area contributed by atoms with Crippen molar-refractivity contribution in [2.24, 2.45) is 13.0 Å². The standard InChI is InChI=1S/C36H39F2N7O5/c1-8-49-34(47)22-16-43(6)33-20(31(22)46)11-19(13-40-33)21-14-39-32-27(30(21)45-10-9-18-15-42(5)17-25(18)45)26-28(38)23(37)12-24(29(26)41-32)44(7)35(48)50-36(2,3)4/h11-14,16,18,25H,8-10,15,17H2,1-7H3,(H,39,41)/t18?,25-/m1/s1. The average Bonchev–Trinajstić information content (AvgIpc) is 3.75. The molecular formula is C36H39F2N7O5. The van der Waals surface area contributed by atoms with Crippen LogP contribution in [0.5, 0.6) is 0 Å². The minimum atomic E-state index is -1.14. The van der Waals surface area contributed by atoms with Crippen LogP contribution in [-0.4, -0.2) is 88.5 Å². The Hall–Kier alpha value is -5.11. The highest BCUT2D eigenvalue weighted by Crippen LogP contribution is 2.47. The van der Waals surface area contributed by atoms with Crippen molar-refractivity contribution < 1.29 is 27.8 Å². The van der Waals surface area contributed by atoms with Gasteiger partial charge in [-0.2, -0.15) is 0 Å². The predicted molar refractivity (Wildman–Crippen MR) is 187 cm³/mol. The van der Waals surface area contributed by atoms with Crippen LogP contribution in [0.2, 0.25) is 0 Å². The first kappa shape index (κ1) is 33.4. The number of nitrogens with one attached hydrogen (secondary N) is 1. The summed E-state index contributed by atoms with van der Waals surface area (Å²) in [6.45, 7) is 9.25. The fourth-order valence-corrected chi connectivity index (χ4v) is 7.44. The maximum absolute atomic E-state index is 16.2. The lowest BCUT2D eigenvalue weighted by Crippen LogP contribution is -2.35. The predicted octanol–water partition coefficient (Wildman–Crippen LogP) is 5.60. The second-order valence-electron chi connectivity index (χ2n) is 14.2. The molecule has 7 rings (SSSR count). The molecule has 2 aliphatic rings. The van der Waals surface area contributed by atoms with Gasteiger partial charge in [-0.15, -0.1) is 0 Å². The van der Waals surface area contributed by atoms with Gasteiger partial charge in [0.2, 0.25) is 5.43 Å². The van der Waals surface area contributed by atoms with Crippen LogP contribution in [0.3, 0.4) is 0 Å². The number of anilines is 2. The van der Waals surface area contributed by atoms with Crippen molar-refractivity contribution in [3.8, 4) is 11.1 Å². The summed E-state index contributed by atoms with van der Waals surface area (Å²) < 4.78 is 44.1. The molecule has 50 heavy (non-hydrogen) atoms. The molecule has 0 saturated carbocycles. The zero-order valence-electron chi connectivity index (χ0n) is 29.1. The van der Waals surface area contributed by atoms with Crippen molar-refractivity contribution in [1.29, 1.82) is 0 Å². The normalized spacial score (nSPS) is 18.0. The van der Waals surface area contributed by atoms with Gasteiger partial charge in [-0.25, -0.2) is 28.3 Å². The first-order valence-corrected chi connectivity index (χ1v) is 16.6. The largest absolute Gasteiger partial charge is 0.462 e. The Morgan fingerprint density at radius 2 is 1.86 bits per heavy atom. The lowest BCUT2D eigenvalue weighted by molar-refractivity contribution is 0.0522. The van der Waals surface area contributed by atoms with E-state index in [9.17, 15) is 14.4 Å². The number of amides is 1. The first-order chi connectivity index (χ1) is 23.7. The van der Waals surface area contributed by atoms with Crippen LogP contribution >= 0.6 is 0 Å². The second-order valence-corrected chi connectivity index (χ2v) is 14.2. The number of benzene rings is 1. The molecule has 1 N–H and O–H groups in total. The van der Waals surface area contributed by atoms with Crippen LogP contribution in [0.4, 0.5) is 25.0 Å². The number of nitrogens with zero attached hydrogens (tertiary/aromatic N) is 6. The maximum atomic E-state index is 16.2. The summed E-state index contributed by atoms with van der Waals surface area (Å²) in [5.74, 6) is -2.61. The van der Waals surface area contributed by atoms with E-state index >= 15 is 8.78 Å².